The lowest BCUT2D eigenvalue weighted by Gasteiger charge is -2.39. The van der Waals surface area contributed by atoms with E-state index in [1.807, 2.05) is 0 Å². The molecule has 0 atom stereocenters. The number of hydrogen-bond donors (Lipinski definition) is 4. The fourth-order valence-electron chi connectivity index (χ4n) is 7.24. The minimum atomic E-state index is -4.66. The first-order valence-corrected chi connectivity index (χ1v) is 24.8. The number of benzene rings is 2. The summed E-state index contributed by atoms with van der Waals surface area (Å²) in [5.74, 6) is 0. The van der Waals surface area contributed by atoms with Gasteiger partial charge in [0.1, 0.15) is 9.79 Å². The van der Waals surface area contributed by atoms with Gasteiger partial charge in [-0.05, 0) is 75.6 Å². The molecule has 0 saturated heterocycles. The zero-order chi connectivity index (χ0) is 42.7. The molecule has 0 aliphatic carbocycles. The molecule has 2 aromatic rings. The third-order valence-corrected chi connectivity index (χ3v) is 12.5. The minimum Gasteiger partial charge on any atom is -0.399 e. The fraction of sp³-hybridized carbons (Fsp3) is 0.727. The highest BCUT2D eigenvalue weighted by molar-refractivity contribution is 7.86. The highest BCUT2D eigenvalue weighted by Crippen LogP contribution is 2.34. The lowest BCUT2D eigenvalue weighted by Crippen LogP contribution is -2.50. The summed E-state index contributed by atoms with van der Waals surface area (Å²) >= 11 is 0. The maximum atomic E-state index is 11.5. The maximum Gasteiger partial charge on any atom is 0.295 e. The van der Waals surface area contributed by atoms with Crippen molar-refractivity contribution in [1.29, 1.82) is 0 Å². The van der Waals surface area contributed by atoms with Gasteiger partial charge in [0.25, 0.3) is 20.2 Å². The zero-order valence-electron chi connectivity index (χ0n) is 36.8. The highest BCUT2D eigenvalue weighted by atomic mass is 32.2. The molecule has 0 fully saturated rings. The third-order valence-electron chi connectivity index (χ3n) is 10.7. The molecule has 0 radical (unpaired) electrons. The van der Waals surface area contributed by atoms with Gasteiger partial charge in [0.2, 0.25) is 0 Å². The van der Waals surface area contributed by atoms with Crippen LogP contribution in [0.5, 0.6) is 0 Å². The van der Waals surface area contributed by atoms with Gasteiger partial charge < -0.3 is 20.4 Å². The van der Waals surface area contributed by atoms with E-state index in [1.165, 1.54) is 188 Å². The molecule has 2 aromatic carbocycles. The fourth-order valence-corrected chi connectivity index (χ4v) is 8.72. The molecule has 56 heavy (non-hydrogen) atoms. The normalized spacial score (nSPS) is 12.1. The quantitative estimate of drug-likeness (QED) is 0.0393. The molecule has 0 saturated carbocycles. The van der Waals surface area contributed by atoms with E-state index in [0.29, 0.717) is 0 Å². The van der Waals surface area contributed by atoms with Crippen LogP contribution in [-0.2, 0) is 20.2 Å². The first kappa shape index (κ1) is 53.8. The summed E-state index contributed by atoms with van der Waals surface area (Å²) in [5, 5.41) is 0. The smallest absolute Gasteiger partial charge is 0.295 e. The molecule has 0 amide bonds. The number of unbranched alkanes of at least 4 members (excludes halogenated alkanes) is 8. The van der Waals surface area contributed by atoms with Gasteiger partial charge in [-0.15, -0.1) is 0 Å². The largest absolute Gasteiger partial charge is 0.399 e. The summed E-state index contributed by atoms with van der Waals surface area (Å²) < 4.78 is 67.3. The molecule has 0 heterocycles. The average molecular weight is 829 g/mol. The number of anilines is 2. The van der Waals surface area contributed by atoms with Crippen molar-refractivity contribution in [1.82, 2.24) is 0 Å². The van der Waals surface area contributed by atoms with Gasteiger partial charge in [-0.25, -0.2) is 0 Å². The number of nitrogens with zero attached hydrogens (tertiary/aromatic N) is 2. The average Bonchev–Trinajstić information content (AvgIpc) is 3.16. The summed E-state index contributed by atoms with van der Waals surface area (Å²) in [6.45, 7) is 30.0. The number of nitrogens with two attached hydrogens (primary N) is 2. The Balaban J connectivity index is 0.000000823. The van der Waals surface area contributed by atoms with E-state index in [1.54, 1.807) is 0 Å². The molecule has 0 bridgehead atoms. The standard InChI is InChI=1S/2C16H36N.C12H12N2O6S2/c2*1-5-9-13-17(14-10-6-2,15-11-7-3)16-12-8-4;13-7-1-3-9(11(5-7)21(15,16)17)10-4-2-8(14)6-12(10)22(18,19)20/h2*5-16H2,1-4H3;1-6H,13-14H2,(H,15,16,17)(H,18,19,20)/q2*+1;. The van der Waals surface area contributed by atoms with Gasteiger partial charge in [-0.3, -0.25) is 9.11 Å². The Bertz CT molecular complexity index is 1360. The van der Waals surface area contributed by atoms with E-state index >= 15 is 0 Å². The van der Waals surface area contributed by atoms with Crippen LogP contribution >= 0.6 is 0 Å². The van der Waals surface area contributed by atoms with Crippen molar-refractivity contribution >= 4 is 31.6 Å². The van der Waals surface area contributed by atoms with Crippen LogP contribution in [0.3, 0.4) is 0 Å². The lowest BCUT2D eigenvalue weighted by atomic mass is 10.0. The van der Waals surface area contributed by atoms with Crippen LogP contribution < -0.4 is 11.5 Å². The molecule has 0 aliphatic heterocycles. The number of nitrogen functional groups attached to an aromatic ring is 2. The molecule has 10 nitrogen and oxygen atoms in total. The van der Waals surface area contributed by atoms with Crippen molar-refractivity contribution < 1.29 is 34.9 Å². The monoisotopic (exact) mass is 829 g/mol. The Hall–Kier alpha value is -2.22. The maximum absolute atomic E-state index is 11.5. The summed E-state index contributed by atoms with van der Waals surface area (Å²) in [5.41, 5.74) is 10.8. The van der Waals surface area contributed by atoms with Crippen LogP contribution in [0.25, 0.3) is 11.1 Å². The van der Waals surface area contributed by atoms with Crippen LogP contribution in [0, 0.1) is 0 Å². The van der Waals surface area contributed by atoms with E-state index in [2.05, 4.69) is 55.4 Å². The molecule has 0 spiro atoms. The van der Waals surface area contributed by atoms with Crippen molar-refractivity contribution in [2.75, 3.05) is 63.8 Å². The van der Waals surface area contributed by atoms with Gasteiger partial charge in [0.05, 0.1) is 52.4 Å². The second kappa shape index (κ2) is 29.1. The molecule has 0 aromatic heterocycles. The molecule has 2 rings (SSSR count). The van der Waals surface area contributed by atoms with Crippen LogP contribution in [-0.4, -0.2) is 87.3 Å². The molecular formula is C44H84N4O6S2+2. The Morgan fingerprint density at radius 2 is 0.607 bits per heavy atom. The Labute approximate surface area is 344 Å². The predicted molar refractivity (Wildman–Crippen MR) is 239 cm³/mol. The second-order valence-electron chi connectivity index (χ2n) is 15.8. The van der Waals surface area contributed by atoms with Gasteiger partial charge >= 0.3 is 0 Å². The number of quaternary nitrogens is 2. The summed E-state index contributed by atoms with van der Waals surface area (Å²) in [7, 11) is -9.33. The predicted octanol–water partition coefficient (Wildman–Crippen LogP) is 11.0. The molecule has 0 aliphatic rings. The minimum absolute atomic E-state index is 0.0558. The van der Waals surface area contributed by atoms with Gasteiger partial charge in [-0.2, -0.15) is 16.8 Å². The first-order chi connectivity index (χ1) is 26.5. The van der Waals surface area contributed by atoms with Crippen molar-refractivity contribution in [2.45, 2.75) is 168 Å². The van der Waals surface area contributed by atoms with E-state index in [4.69, 9.17) is 11.5 Å². The SMILES string of the molecule is CCCC[N+](CCCC)(CCCC)CCCC.CCCC[N+](CCCC)(CCCC)CCCC.Nc1ccc(-c2ccc(N)cc2S(=O)(=O)O)c(S(=O)(=O)O)c1. The van der Waals surface area contributed by atoms with Gasteiger partial charge in [-0.1, -0.05) is 119 Å². The van der Waals surface area contributed by atoms with Crippen LogP contribution in [0.15, 0.2) is 46.2 Å². The Kier molecular flexibility index (Phi) is 27.9. The van der Waals surface area contributed by atoms with Crippen molar-refractivity contribution in [3.63, 3.8) is 0 Å². The van der Waals surface area contributed by atoms with Crippen molar-refractivity contribution in [3.8, 4) is 11.1 Å². The first-order valence-electron chi connectivity index (χ1n) is 21.9. The summed E-state index contributed by atoms with van der Waals surface area (Å²) in [6.07, 6.45) is 22.1. The van der Waals surface area contributed by atoms with Crippen LogP contribution in [0.2, 0.25) is 0 Å². The van der Waals surface area contributed by atoms with Gasteiger partial charge in [0, 0.05) is 22.5 Å². The molecule has 0 unspecified atom stereocenters. The van der Waals surface area contributed by atoms with Crippen molar-refractivity contribution in [3.05, 3.63) is 36.4 Å². The third kappa shape index (κ3) is 21.0. The van der Waals surface area contributed by atoms with E-state index in [-0.39, 0.29) is 22.5 Å². The summed E-state index contributed by atoms with van der Waals surface area (Å²) in [4.78, 5) is -1.16. The van der Waals surface area contributed by atoms with Crippen LogP contribution in [0.1, 0.15) is 158 Å². The van der Waals surface area contributed by atoms with Gasteiger partial charge in [0.15, 0.2) is 0 Å². The second-order valence-corrected chi connectivity index (χ2v) is 18.5. The van der Waals surface area contributed by atoms with E-state index in [9.17, 15) is 25.9 Å². The number of rotatable bonds is 27. The topological polar surface area (TPSA) is 161 Å². The molecule has 6 N–H and O–H groups in total. The number of hydrogen-bond acceptors (Lipinski definition) is 6. The molecule has 326 valence electrons. The lowest BCUT2D eigenvalue weighted by molar-refractivity contribution is -0.929. The molecule has 12 heteroatoms. The summed E-state index contributed by atoms with van der Waals surface area (Å²) in [6, 6.07) is 7.06. The zero-order valence-corrected chi connectivity index (χ0v) is 38.5. The van der Waals surface area contributed by atoms with E-state index in [0.717, 1.165) is 12.1 Å². The Morgan fingerprint density at radius 3 is 0.768 bits per heavy atom. The van der Waals surface area contributed by atoms with Crippen molar-refractivity contribution in [2.24, 2.45) is 0 Å². The Morgan fingerprint density at radius 1 is 0.411 bits per heavy atom. The molecular weight excluding hydrogens is 745 g/mol. The van der Waals surface area contributed by atoms with Crippen LogP contribution in [0.4, 0.5) is 11.4 Å². The highest BCUT2D eigenvalue weighted by Gasteiger charge is 2.26. The van der Waals surface area contributed by atoms with E-state index < -0.39 is 30.0 Å².